The Morgan fingerprint density at radius 3 is 2.74 bits per heavy atom. The van der Waals surface area contributed by atoms with Gasteiger partial charge < -0.3 is 15.2 Å². The molecule has 0 spiro atoms. The monoisotopic (exact) mass is 271 g/mol. The number of ether oxygens (including phenoxy) is 1. The Morgan fingerprint density at radius 1 is 1.21 bits per heavy atom. The largest absolute Gasteiger partial charge is 0.389 e. The first-order valence-electron chi connectivity index (χ1n) is 8.28. The van der Waals surface area contributed by atoms with E-state index in [-0.39, 0.29) is 6.10 Å². The van der Waals surface area contributed by atoms with Crippen LogP contribution in [0.2, 0.25) is 0 Å². The van der Waals surface area contributed by atoms with Crippen LogP contribution in [0.15, 0.2) is 0 Å². The highest BCUT2D eigenvalue weighted by molar-refractivity contribution is 4.75. The lowest BCUT2D eigenvalue weighted by molar-refractivity contribution is -0.0498. The highest BCUT2D eigenvalue weighted by Gasteiger charge is 2.24. The van der Waals surface area contributed by atoms with E-state index in [0.717, 1.165) is 6.54 Å². The molecule has 1 aliphatic rings. The normalized spacial score (nSPS) is 25.4. The van der Waals surface area contributed by atoms with Gasteiger partial charge in [-0.05, 0) is 31.7 Å². The van der Waals surface area contributed by atoms with Crippen molar-refractivity contribution < 1.29 is 9.84 Å². The van der Waals surface area contributed by atoms with Gasteiger partial charge >= 0.3 is 0 Å². The molecule has 0 radical (unpaired) electrons. The van der Waals surface area contributed by atoms with Crippen molar-refractivity contribution in [1.29, 1.82) is 0 Å². The quantitative estimate of drug-likeness (QED) is 0.600. The Bertz CT molecular complexity index is 211. The number of unbranched alkanes of at least 4 members (excludes halogenated alkanes) is 2. The lowest BCUT2D eigenvalue weighted by Gasteiger charge is -2.31. The molecule has 0 aromatic heterocycles. The fraction of sp³-hybridized carbons (Fsp3) is 1.00. The first kappa shape index (κ1) is 16.9. The number of aliphatic hydroxyl groups excluding tert-OH is 1. The molecule has 0 bridgehead atoms. The van der Waals surface area contributed by atoms with Crippen molar-refractivity contribution in [3.63, 3.8) is 0 Å². The lowest BCUT2D eigenvalue weighted by Crippen LogP contribution is -2.35. The summed E-state index contributed by atoms with van der Waals surface area (Å²) in [5.74, 6) is 0.707. The summed E-state index contributed by atoms with van der Waals surface area (Å²) in [4.78, 5) is 0. The van der Waals surface area contributed by atoms with Crippen LogP contribution in [0.4, 0.5) is 0 Å². The van der Waals surface area contributed by atoms with Crippen LogP contribution in [-0.4, -0.2) is 37.0 Å². The van der Waals surface area contributed by atoms with Gasteiger partial charge in [-0.25, -0.2) is 0 Å². The van der Waals surface area contributed by atoms with E-state index in [1.54, 1.807) is 0 Å². The SMILES string of the molecule is CCCCCNCC(O)COC1CCCCC1CC. The van der Waals surface area contributed by atoms with Crippen molar-refractivity contribution in [3.05, 3.63) is 0 Å². The van der Waals surface area contributed by atoms with Gasteiger partial charge in [0.1, 0.15) is 0 Å². The predicted molar refractivity (Wildman–Crippen MR) is 80.4 cm³/mol. The average Bonchev–Trinajstić information content (AvgIpc) is 2.45. The van der Waals surface area contributed by atoms with E-state index in [4.69, 9.17) is 4.74 Å². The van der Waals surface area contributed by atoms with E-state index in [1.165, 1.54) is 51.4 Å². The van der Waals surface area contributed by atoms with Crippen molar-refractivity contribution >= 4 is 0 Å². The molecule has 2 N–H and O–H groups in total. The van der Waals surface area contributed by atoms with Crippen molar-refractivity contribution in [2.45, 2.75) is 77.4 Å². The van der Waals surface area contributed by atoms with Crippen LogP contribution >= 0.6 is 0 Å². The topological polar surface area (TPSA) is 41.5 Å². The minimum atomic E-state index is -0.360. The molecule has 0 heterocycles. The predicted octanol–water partition coefficient (Wildman–Crippen LogP) is 3.11. The van der Waals surface area contributed by atoms with Gasteiger partial charge in [-0.3, -0.25) is 0 Å². The number of rotatable bonds is 10. The summed E-state index contributed by atoms with van der Waals surface area (Å²) >= 11 is 0. The number of hydrogen-bond acceptors (Lipinski definition) is 3. The third-order valence-corrected chi connectivity index (χ3v) is 4.20. The van der Waals surface area contributed by atoms with E-state index in [1.807, 2.05) is 0 Å². The molecule has 3 unspecified atom stereocenters. The standard InChI is InChI=1S/C16H33NO2/c1-3-5-8-11-17-12-15(18)13-19-16-10-7-6-9-14(16)4-2/h14-18H,3-13H2,1-2H3. The maximum Gasteiger partial charge on any atom is 0.0897 e. The molecule has 0 aromatic carbocycles. The maximum atomic E-state index is 9.91. The highest BCUT2D eigenvalue weighted by Crippen LogP contribution is 2.29. The third kappa shape index (κ3) is 7.28. The van der Waals surface area contributed by atoms with Gasteiger partial charge in [0.25, 0.3) is 0 Å². The van der Waals surface area contributed by atoms with Crippen LogP contribution < -0.4 is 5.32 Å². The summed E-state index contributed by atoms with van der Waals surface area (Å²) in [5, 5.41) is 13.2. The molecule has 0 aromatic rings. The summed E-state index contributed by atoms with van der Waals surface area (Å²) in [6, 6.07) is 0. The fourth-order valence-electron chi connectivity index (χ4n) is 2.92. The van der Waals surface area contributed by atoms with Gasteiger partial charge in [0.05, 0.1) is 18.8 Å². The smallest absolute Gasteiger partial charge is 0.0897 e. The van der Waals surface area contributed by atoms with Crippen molar-refractivity contribution in [2.75, 3.05) is 19.7 Å². The van der Waals surface area contributed by atoms with Crippen LogP contribution in [-0.2, 0) is 4.74 Å². The highest BCUT2D eigenvalue weighted by atomic mass is 16.5. The third-order valence-electron chi connectivity index (χ3n) is 4.20. The van der Waals surface area contributed by atoms with Crippen LogP contribution in [0.25, 0.3) is 0 Å². The molecule has 114 valence electrons. The Hall–Kier alpha value is -0.120. The van der Waals surface area contributed by atoms with Crippen molar-refractivity contribution in [2.24, 2.45) is 5.92 Å². The first-order valence-corrected chi connectivity index (χ1v) is 8.28. The van der Waals surface area contributed by atoms with Gasteiger partial charge in [0.15, 0.2) is 0 Å². The Balaban J connectivity index is 2.06. The molecule has 0 saturated heterocycles. The minimum Gasteiger partial charge on any atom is -0.389 e. The van der Waals surface area contributed by atoms with Crippen LogP contribution in [0, 0.1) is 5.92 Å². The summed E-state index contributed by atoms with van der Waals surface area (Å²) in [5.41, 5.74) is 0. The van der Waals surface area contributed by atoms with Gasteiger partial charge in [0, 0.05) is 6.54 Å². The summed E-state index contributed by atoms with van der Waals surface area (Å²) in [6.45, 7) is 6.61. The second-order valence-electron chi connectivity index (χ2n) is 5.89. The molecule has 1 fully saturated rings. The molecule has 1 aliphatic carbocycles. The van der Waals surface area contributed by atoms with Gasteiger partial charge in [-0.15, -0.1) is 0 Å². The summed E-state index contributed by atoms with van der Waals surface area (Å²) < 4.78 is 5.94. The molecule has 3 atom stereocenters. The van der Waals surface area contributed by atoms with Gasteiger partial charge in [-0.1, -0.05) is 46.0 Å². The summed E-state index contributed by atoms with van der Waals surface area (Å²) in [7, 11) is 0. The zero-order chi connectivity index (χ0) is 13.9. The number of hydrogen-bond donors (Lipinski definition) is 2. The molecule has 1 rings (SSSR count). The Labute approximate surface area is 119 Å². The lowest BCUT2D eigenvalue weighted by atomic mass is 9.85. The molecule has 0 amide bonds. The summed E-state index contributed by atoms with van der Waals surface area (Å²) in [6.07, 6.45) is 10.0. The Kier molecular flexibility index (Phi) is 9.48. The van der Waals surface area contributed by atoms with E-state index in [2.05, 4.69) is 19.2 Å². The number of aliphatic hydroxyl groups is 1. The van der Waals surface area contributed by atoms with Gasteiger partial charge in [-0.2, -0.15) is 0 Å². The van der Waals surface area contributed by atoms with E-state index in [9.17, 15) is 5.11 Å². The van der Waals surface area contributed by atoms with E-state index >= 15 is 0 Å². The van der Waals surface area contributed by atoms with Crippen molar-refractivity contribution in [1.82, 2.24) is 5.32 Å². The second-order valence-corrected chi connectivity index (χ2v) is 5.89. The van der Waals surface area contributed by atoms with Crippen LogP contribution in [0.5, 0.6) is 0 Å². The molecule has 19 heavy (non-hydrogen) atoms. The fourth-order valence-corrected chi connectivity index (χ4v) is 2.92. The second kappa shape index (κ2) is 10.6. The van der Waals surface area contributed by atoms with E-state index in [0.29, 0.717) is 25.2 Å². The minimum absolute atomic E-state index is 0.360. The molecule has 3 heteroatoms. The van der Waals surface area contributed by atoms with E-state index < -0.39 is 0 Å². The molecular formula is C16H33NO2. The van der Waals surface area contributed by atoms with Gasteiger partial charge in [0.2, 0.25) is 0 Å². The molecule has 1 saturated carbocycles. The van der Waals surface area contributed by atoms with Crippen LogP contribution in [0.3, 0.4) is 0 Å². The zero-order valence-corrected chi connectivity index (χ0v) is 12.9. The maximum absolute atomic E-state index is 9.91. The zero-order valence-electron chi connectivity index (χ0n) is 12.9. The molecular weight excluding hydrogens is 238 g/mol. The van der Waals surface area contributed by atoms with Crippen LogP contribution in [0.1, 0.15) is 65.2 Å². The molecule has 3 nitrogen and oxygen atoms in total. The number of nitrogens with one attached hydrogen (secondary N) is 1. The first-order chi connectivity index (χ1) is 9.27. The van der Waals surface area contributed by atoms with Crippen molar-refractivity contribution in [3.8, 4) is 0 Å². The molecule has 0 aliphatic heterocycles. The Morgan fingerprint density at radius 2 is 2.00 bits per heavy atom. The average molecular weight is 271 g/mol.